The topological polar surface area (TPSA) is 8.17 Å². The van der Waals surface area contributed by atoms with E-state index < -0.39 is 0 Å². The summed E-state index contributed by atoms with van der Waals surface area (Å²) in [5.41, 5.74) is 18.2. The summed E-state index contributed by atoms with van der Waals surface area (Å²) in [5.74, 6) is 0. The molecule has 0 saturated heterocycles. The molecule has 9 aromatic rings. The molecule has 1 aliphatic carbocycles. The number of rotatable bonds is 7. The molecule has 1 aromatic heterocycles. The minimum Gasteiger partial charge on any atom is -0.316 e. The van der Waals surface area contributed by atoms with E-state index >= 15 is 0 Å². The van der Waals surface area contributed by atoms with Gasteiger partial charge in [-0.25, -0.2) is 0 Å². The Morgan fingerprint density at radius 3 is 1.42 bits per heavy atom. The first-order valence-corrected chi connectivity index (χ1v) is 19.1. The highest BCUT2D eigenvalue weighted by atomic mass is 15.1. The van der Waals surface area contributed by atoms with Gasteiger partial charge in [0.25, 0.3) is 0 Å². The predicted octanol–water partition coefficient (Wildman–Crippen LogP) is 14.4. The normalized spacial score (nSPS) is 12.7. The molecule has 2 nitrogen and oxygen atoms in total. The molecule has 0 radical (unpaired) electrons. The Hall–Kier alpha value is -6.90. The summed E-state index contributed by atoms with van der Waals surface area (Å²) in [6, 6.07) is 72.7. The molecule has 2 heteroatoms. The second kappa shape index (κ2) is 13.2. The summed E-state index contributed by atoms with van der Waals surface area (Å²) in [5, 5.41) is 1.26. The van der Waals surface area contributed by atoms with Crippen LogP contribution in [0.5, 0.6) is 0 Å². The summed E-state index contributed by atoms with van der Waals surface area (Å²) in [6.07, 6.45) is 2.30. The van der Waals surface area contributed by atoms with E-state index in [1.54, 1.807) is 0 Å². The van der Waals surface area contributed by atoms with Crippen molar-refractivity contribution in [1.29, 1.82) is 0 Å². The standard InChI is InChI=1S/C53H40N2/c1-53(2)50-34-44(54-36-49(41-18-10-5-11-19-41)48-20-12-13-21-52(48)54)30-32-46(50)47-33-31-45(35-51(47)53)55(42-26-22-39(23-27-42)37-14-6-3-7-15-37)43-28-24-40(25-29-43)38-16-8-4-9-17-38/h3-36H,1-2H3. The van der Waals surface area contributed by atoms with Crippen molar-refractivity contribution in [3.63, 3.8) is 0 Å². The van der Waals surface area contributed by atoms with Crippen molar-refractivity contribution in [2.45, 2.75) is 19.3 Å². The van der Waals surface area contributed by atoms with Gasteiger partial charge in [-0.1, -0.05) is 159 Å². The van der Waals surface area contributed by atoms with E-state index in [0.717, 1.165) is 17.1 Å². The summed E-state index contributed by atoms with van der Waals surface area (Å²) in [6.45, 7) is 4.75. The first-order valence-electron chi connectivity index (χ1n) is 19.1. The van der Waals surface area contributed by atoms with E-state index in [-0.39, 0.29) is 5.41 Å². The lowest BCUT2D eigenvalue weighted by molar-refractivity contribution is 0.660. The van der Waals surface area contributed by atoms with E-state index in [4.69, 9.17) is 0 Å². The number of para-hydroxylation sites is 1. The largest absolute Gasteiger partial charge is 0.316 e. The summed E-state index contributed by atoms with van der Waals surface area (Å²) in [7, 11) is 0. The van der Waals surface area contributed by atoms with Gasteiger partial charge in [0.1, 0.15) is 0 Å². The van der Waals surface area contributed by atoms with Gasteiger partial charge >= 0.3 is 0 Å². The third-order valence-corrected chi connectivity index (χ3v) is 11.4. The Bertz CT molecular complexity index is 2710. The van der Waals surface area contributed by atoms with Gasteiger partial charge in [0.05, 0.1) is 5.52 Å². The fourth-order valence-corrected chi connectivity index (χ4v) is 8.56. The van der Waals surface area contributed by atoms with Crippen molar-refractivity contribution in [3.8, 4) is 50.2 Å². The highest BCUT2D eigenvalue weighted by Gasteiger charge is 2.36. The molecule has 0 aliphatic heterocycles. The second-order valence-corrected chi connectivity index (χ2v) is 15.0. The fourth-order valence-electron chi connectivity index (χ4n) is 8.56. The summed E-state index contributed by atoms with van der Waals surface area (Å²) >= 11 is 0. The Morgan fingerprint density at radius 1 is 0.382 bits per heavy atom. The molecule has 0 fully saturated rings. The maximum Gasteiger partial charge on any atom is 0.0534 e. The Balaban J connectivity index is 1.06. The number of fused-ring (bicyclic) bond motifs is 4. The van der Waals surface area contributed by atoms with Gasteiger partial charge < -0.3 is 9.47 Å². The zero-order valence-corrected chi connectivity index (χ0v) is 31.0. The van der Waals surface area contributed by atoms with Crippen LogP contribution < -0.4 is 4.90 Å². The highest BCUT2D eigenvalue weighted by Crippen LogP contribution is 2.51. The molecule has 0 atom stereocenters. The van der Waals surface area contributed by atoms with Crippen LogP contribution in [0.25, 0.3) is 61.1 Å². The van der Waals surface area contributed by atoms with Crippen molar-refractivity contribution < 1.29 is 0 Å². The monoisotopic (exact) mass is 704 g/mol. The van der Waals surface area contributed by atoms with Crippen molar-refractivity contribution in [2.24, 2.45) is 0 Å². The Labute approximate surface area is 323 Å². The van der Waals surface area contributed by atoms with Gasteiger partial charge in [-0.2, -0.15) is 0 Å². The predicted molar refractivity (Wildman–Crippen MR) is 232 cm³/mol. The molecule has 1 aliphatic rings. The van der Waals surface area contributed by atoms with Crippen LogP contribution in [-0.4, -0.2) is 4.57 Å². The van der Waals surface area contributed by atoms with Gasteiger partial charge in [0.2, 0.25) is 0 Å². The van der Waals surface area contributed by atoms with Gasteiger partial charge in [-0.3, -0.25) is 0 Å². The molecule has 0 amide bonds. The van der Waals surface area contributed by atoms with E-state index in [9.17, 15) is 0 Å². The minimum absolute atomic E-state index is 0.206. The van der Waals surface area contributed by atoms with Crippen LogP contribution in [0, 0.1) is 0 Å². The van der Waals surface area contributed by atoms with Crippen LogP contribution in [0.2, 0.25) is 0 Å². The highest BCUT2D eigenvalue weighted by molar-refractivity contribution is 5.97. The van der Waals surface area contributed by atoms with Gasteiger partial charge in [0.15, 0.2) is 0 Å². The van der Waals surface area contributed by atoms with Crippen molar-refractivity contribution in [2.75, 3.05) is 4.90 Å². The van der Waals surface area contributed by atoms with E-state index in [1.807, 2.05) is 0 Å². The lowest BCUT2D eigenvalue weighted by Gasteiger charge is -2.28. The summed E-state index contributed by atoms with van der Waals surface area (Å²) in [4.78, 5) is 2.39. The average molecular weight is 705 g/mol. The number of hydrogen-bond acceptors (Lipinski definition) is 1. The zero-order valence-electron chi connectivity index (χ0n) is 31.0. The molecular formula is C53H40N2. The minimum atomic E-state index is -0.206. The number of nitrogens with zero attached hydrogens (tertiary/aromatic N) is 2. The van der Waals surface area contributed by atoms with Gasteiger partial charge in [-0.15, -0.1) is 0 Å². The van der Waals surface area contributed by atoms with Gasteiger partial charge in [-0.05, 0) is 105 Å². The molecule has 10 rings (SSSR count). The van der Waals surface area contributed by atoms with Crippen molar-refractivity contribution in [3.05, 3.63) is 218 Å². The molecule has 0 unspecified atom stereocenters. The smallest absolute Gasteiger partial charge is 0.0534 e. The average Bonchev–Trinajstić information content (AvgIpc) is 3.74. The zero-order chi connectivity index (χ0) is 36.9. The van der Waals surface area contributed by atoms with Crippen LogP contribution in [-0.2, 0) is 5.41 Å². The van der Waals surface area contributed by atoms with E-state index in [1.165, 1.54) is 72.2 Å². The molecule has 0 N–H and O–H groups in total. The Morgan fingerprint density at radius 2 is 0.836 bits per heavy atom. The van der Waals surface area contributed by atoms with Crippen LogP contribution in [0.1, 0.15) is 25.0 Å². The fraction of sp³-hybridized carbons (Fsp3) is 0.0566. The molecule has 262 valence electrons. The van der Waals surface area contributed by atoms with Gasteiger partial charge in [0, 0.05) is 45.3 Å². The lowest BCUT2D eigenvalue weighted by atomic mass is 9.82. The quantitative estimate of drug-likeness (QED) is 0.160. The van der Waals surface area contributed by atoms with Crippen LogP contribution in [0.15, 0.2) is 206 Å². The molecule has 0 spiro atoms. The van der Waals surface area contributed by atoms with Crippen molar-refractivity contribution in [1.82, 2.24) is 4.57 Å². The molecular weight excluding hydrogens is 665 g/mol. The molecule has 55 heavy (non-hydrogen) atoms. The first kappa shape index (κ1) is 32.7. The number of benzene rings is 8. The lowest BCUT2D eigenvalue weighted by Crippen LogP contribution is -2.17. The molecule has 1 heterocycles. The van der Waals surface area contributed by atoms with Crippen LogP contribution in [0.4, 0.5) is 17.1 Å². The molecule has 8 aromatic carbocycles. The third-order valence-electron chi connectivity index (χ3n) is 11.4. The van der Waals surface area contributed by atoms with Crippen molar-refractivity contribution >= 4 is 28.0 Å². The third kappa shape index (κ3) is 5.66. The number of anilines is 3. The Kier molecular flexibility index (Phi) is 7.85. The number of hydrogen-bond donors (Lipinski definition) is 0. The van der Waals surface area contributed by atoms with Crippen LogP contribution >= 0.6 is 0 Å². The first-order chi connectivity index (χ1) is 27.0. The van der Waals surface area contributed by atoms with E-state index in [0.29, 0.717) is 0 Å². The van der Waals surface area contributed by atoms with Crippen LogP contribution in [0.3, 0.4) is 0 Å². The number of aromatic nitrogens is 1. The maximum absolute atomic E-state index is 2.42. The second-order valence-electron chi connectivity index (χ2n) is 15.0. The van der Waals surface area contributed by atoms with E-state index in [2.05, 4.69) is 230 Å². The summed E-state index contributed by atoms with van der Waals surface area (Å²) < 4.78 is 2.36. The maximum atomic E-state index is 2.42. The SMILES string of the molecule is CC1(C)c2cc(N(c3ccc(-c4ccccc4)cc3)c3ccc(-c4ccccc4)cc3)ccc2-c2ccc(-n3cc(-c4ccccc4)c4ccccc43)cc21. The molecule has 0 saturated carbocycles. The molecule has 0 bridgehead atoms.